The van der Waals surface area contributed by atoms with Crippen molar-refractivity contribution in [3.05, 3.63) is 59.4 Å². The zero-order valence-corrected chi connectivity index (χ0v) is 12.7. The summed E-state index contributed by atoms with van der Waals surface area (Å²) >= 11 is 0. The van der Waals surface area contributed by atoms with E-state index in [0.717, 1.165) is 17.1 Å². The Morgan fingerprint density at radius 1 is 1.09 bits per heavy atom. The maximum Gasteiger partial charge on any atom is 0.127 e. The van der Waals surface area contributed by atoms with Gasteiger partial charge in [0.05, 0.1) is 20.3 Å². The van der Waals surface area contributed by atoms with Gasteiger partial charge in [0.1, 0.15) is 17.3 Å². The second-order valence-corrected chi connectivity index (χ2v) is 4.88. The molecule has 0 saturated heterocycles. The van der Waals surface area contributed by atoms with Crippen LogP contribution in [-0.2, 0) is 6.54 Å². The van der Waals surface area contributed by atoms with E-state index in [2.05, 4.69) is 5.32 Å². The van der Waals surface area contributed by atoms with Crippen LogP contribution in [0.2, 0.25) is 0 Å². The fourth-order valence-electron chi connectivity index (χ4n) is 2.14. The van der Waals surface area contributed by atoms with Gasteiger partial charge in [0.15, 0.2) is 0 Å². The van der Waals surface area contributed by atoms with Crippen molar-refractivity contribution in [2.45, 2.75) is 12.6 Å². The molecule has 2 aromatic carbocycles. The lowest BCUT2D eigenvalue weighted by atomic mass is 10.1. The summed E-state index contributed by atoms with van der Waals surface area (Å²) in [5, 5.41) is 13.2. The SMILES string of the molecule is COc1ccc(CNC[C@@H](O)c2ccc(F)cc2)c(OC)c1. The topological polar surface area (TPSA) is 50.7 Å². The predicted octanol–water partition coefficient (Wildman–Crippen LogP) is 2.67. The van der Waals surface area contributed by atoms with E-state index in [-0.39, 0.29) is 5.82 Å². The summed E-state index contributed by atoms with van der Waals surface area (Å²) in [5.41, 5.74) is 1.64. The third-order valence-corrected chi connectivity index (χ3v) is 3.40. The highest BCUT2D eigenvalue weighted by molar-refractivity contribution is 5.40. The quantitative estimate of drug-likeness (QED) is 0.826. The zero-order chi connectivity index (χ0) is 15.9. The van der Waals surface area contributed by atoms with E-state index in [0.29, 0.717) is 18.7 Å². The Bertz CT molecular complexity index is 601. The molecule has 5 heteroatoms. The molecule has 4 nitrogen and oxygen atoms in total. The number of nitrogens with one attached hydrogen (secondary N) is 1. The van der Waals surface area contributed by atoms with Gasteiger partial charge in [-0.25, -0.2) is 4.39 Å². The molecule has 22 heavy (non-hydrogen) atoms. The smallest absolute Gasteiger partial charge is 0.127 e. The molecule has 1 atom stereocenters. The van der Waals surface area contributed by atoms with E-state index in [1.165, 1.54) is 12.1 Å². The van der Waals surface area contributed by atoms with Gasteiger partial charge in [0.2, 0.25) is 0 Å². The van der Waals surface area contributed by atoms with E-state index in [1.54, 1.807) is 26.4 Å². The van der Waals surface area contributed by atoms with Gasteiger partial charge in [-0.3, -0.25) is 0 Å². The summed E-state index contributed by atoms with van der Waals surface area (Å²) in [6, 6.07) is 11.4. The van der Waals surface area contributed by atoms with Crippen LogP contribution in [0.25, 0.3) is 0 Å². The highest BCUT2D eigenvalue weighted by Crippen LogP contribution is 2.24. The van der Waals surface area contributed by atoms with Crippen LogP contribution in [-0.4, -0.2) is 25.9 Å². The molecular weight excluding hydrogens is 285 g/mol. The average molecular weight is 305 g/mol. The van der Waals surface area contributed by atoms with Gasteiger partial charge in [-0.2, -0.15) is 0 Å². The number of aliphatic hydroxyl groups excluding tert-OH is 1. The molecule has 0 bridgehead atoms. The van der Waals surface area contributed by atoms with Crippen molar-refractivity contribution >= 4 is 0 Å². The van der Waals surface area contributed by atoms with Gasteiger partial charge in [-0.1, -0.05) is 18.2 Å². The van der Waals surface area contributed by atoms with Crippen molar-refractivity contribution in [1.82, 2.24) is 5.32 Å². The molecule has 0 unspecified atom stereocenters. The second-order valence-electron chi connectivity index (χ2n) is 4.88. The van der Waals surface area contributed by atoms with Crippen LogP contribution < -0.4 is 14.8 Å². The fourth-order valence-corrected chi connectivity index (χ4v) is 2.14. The van der Waals surface area contributed by atoms with Crippen molar-refractivity contribution in [3.63, 3.8) is 0 Å². The molecule has 0 heterocycles. The van der Waals surface area contributed by atoms with Gasteiger partial charge in [0, 0.05) is 24.7 Å². The first-order valence-corrected chi connectivity index (χ1v) is 6.99. The molecule has 0 radical (unpaired) electrons. The first-order chi connectivity index (χ1) is 10.6. The molecule has 0 amide bonds. The summed E-state index contributed by atoms with van der Waals surface area (Å²) in [6.45, 7) is 0.909. The van der Waals surface area contributed by atoms with Crippen LogP contribution in [0, 0.1) is 5.82 Å². The lowest BCUT2D eigenvalue weighted by Gasteiger charge is -2.14. The van der Waals surface area contributed by atoms with Crippen LogP contribution in [0.15, 0.2) is 42.5 Å². The minimum atomic E-state index is -0.690. The minimum Gasteiger partial charge on any atom is -0.497 e. The maximum absolute atomic E-state index is 12.8. The Kier molecular flexibility index (Phi) is 5.75. The lowest BCUT2D eigenvalue weighted by molar-refractivity contribution is 0.174. The average Bonchev–Trinajstić information content (AvgIpc) is 2.55. The fraction of sp³-hybridized carbons (Fsp3) is 0.294. The molecule has 118 valence electrons. The Morgan fingerprint density at radius 2 is 1.82 bits per heavy atom. The third kappa shape index (κ3) is 4.19. The number of hydrogen-bond donors (Lipinski definition) is 2. The van der Waals surface area contributed by atoms with E-state index in [9.17, 15) is 9.50 Å². The van der Waals surface area contributed by atoms with Crippen LogP contribution in [0.4, 0.5) is 4.39 Å². The van der Waals surface area contributed by atoms with Gasteiger partial charge in [-0.05, 0) is 23.8 Å². The summed E-state index contributed by atoms with van der Waals surface area (Å²) in [6.07, 6.45) is -0.690. The predicted molar refractivity (Wildman–Crippen MR) is 82.6 cm³/mol. The summed E-state index contributed by atoms with van der Waals surface area (Å²) in [4.78, 5) is 0. The highest BCUT2D eigenvalue weighted by Gasteiger charge is 2.09. The number of aliphatic hydroxyl groups is 1. The third-order valence-electron chi connectivity index (χ3n) is 3.40. The number of hydrogen-bond acceptors (Lipinski definition) is 4. The van der Waals surface area contributed by atoms with Crippen LogP contribution >= 0.6 is 0 Å². The number of ether oxygens (including phenoxy) is 2. The Balaban J connectivity index is 1.91. The minimum absolute atomic E-state index is 0.313. The van der Waals surface area contributed by atoms with Crippen molar-refractivity contribution in [2.75, 3.05) is 20.8 Å². The van der Waals surface area contributed by atoms with E-state index < -0.39 is 6.10 Å². The molecular formula is C17H20FNO3. The summed E-state index contributed by atoms with van der Waals surface area (Å²) in [5.74, 6) is 1.14. The van der Waals surface area contributed by atoms with Gasteiger partial charge < -0.3 is 19.9 Å². The lowest BCUT2D eigenvalue weighted by Crippen LogP contribution is -2.21. The molecule has 0 fully saturated rings. The number of methoxy groups -OCH3 is 2. The van der Waals surface area contributed by atoms with Crippen LogP contribution in [0.5, 0.6) is 11.5 Å². The number of halogens is 1. The molecule has 0 aliphatic carbocycles. The molecule has 2 rings (SSSR count). The molecule has 2 N–H and O–H groups in total. The van der Waals surface area contributed by atoms with Crippen molar-refractivity contribution in [3.8, 4) is 11.5 Å². The summed E-state index contributed by atoms with van der Waals surface area (Å²) < 4.78 is 23.3. The zero-order valence-electron chi connectivity index (χ0n) is 12.7. The molecule has 0 aromatic heterocycles. The molecule has 0 saturated carbocycles. The largest absolute Gasteiger partial charge is 0.497 e. The van der Waals surface area contributed by atoms with Gasteiger partial charge in [0.25, 0.3) is 0 Å². The second kappa shape index (κ2) is 7.77. The highest BCUT2D eigenvalue weighted by atomic mass is 19.1. The molecule has 0 aliphatic rings. The standard InChI is InChI=1S/C17H20FNO3/c1-21-15-8-5-13(17(9-15)22-2)10-19-11-16(20)12-3-6-14(18)7-4-12/h3-9,16,19-20H,10-11H2,1-2H3/t16-/m1/s1. The number of rotatable bonds is 7. The first-order valence-electron chi connectivity index (χ1n) is 6.99. The van der Waals surface area contributed by atoms with Crippen molar-refractivity contribution in [2.24, 2.45) is 0 Å². The van der Waals surface area contributed by atoms with E-state index in [4.69, 9.17) is 9.47 Å². The normalized spacial score (nSPS) is 12.0. The Morgan fingerprint density at radius 3 is 2.45 bits per heavy atom. The van der Waals surface area contributed by atoms with Gasteiger partial charge in [-0.15, -0.1) is 0 Å². The maximum atomic E-state index is 12.8. The monoisotopic (exact) mass is 305 g/mol. The molecule has 2 aromatic rings. The van der Waals surface area contributed by atoms with Crippen molar-refractivity contribution < 1.29 is 19.0 Å². The molecule has 0 aliphatic heterocycles. The first kappa shape index (κ1) is 16.3. The van der Waals surface area contributed by atoms with Gasteiger partial charge >= 0.3 is 0 Å². The Hall–Kier alpha value is -2.11. The van der Waals surface area contributed by atoms with Crippen LogP contribution in [0.3, 0.4) is 0 Å². The molecule has 0 spiro atoms. The summed E-state index contributed by atoms with van der Waals surface area (Å²) in [7, 11) is 3.21. The van der Waals surface area contributed by atoms with E-state index >= 15 is 0 Å². The Labute approximate surface area is 129 Å². The van der Waals surface area contributed by atoms with E-state index in [1.807, 2.05) is 18.2 Å². The van der Waals surface area contributed by atoms with Crippen LogP contribution in [0.1, 0.15) is 17.2 Å². The number of benzene rings is 2. The van der Waals surface area contributed by atoms with Crippen molar-refractivity contribution in [1.29, 1.82) is 0 Å².